The summed E-state index contributed by atoms with van der Waals surface area (Å²) in [7, 11) is 0. The van der Waals surface area contributed by atoms with Gasteiger partial charge in [0.1, 0.15) is 0 Å². The second-order valence-corrected chi connectivity index (χ2v) is 2.23. The Balaban J connectivity index is 3.18. The Morgan fingerprint density at radius 3 is 2.36 bits per heavy atom. The molecule has 1 aromatic carbocycles. The van der Waals surface area contributed by atoms with Gasteiger partial charge in [-0.1, -0.05) is 6.07 Å². The summed E-state index contributed by atoms with van der Waals surface area (Å²) in [5.74, 6) is 0. The Bertz CT molecular complexity index is 290. The molecule has 1 rings (SSSR count). The van der Waals surface area contributed by atoms with Gasteiger partial charge >= 0.3 is 0 Å². The van der Waals surface area contributed by atoms with E-state index in [9.17, 15) is 9.59 Å². The highest BCUT2D eigenvalue weighted by atomic mass is 16.1. The lowest BCUT2D eigenvalue weighted by Crippen LogP contribution is -1.88. The zero-order chi connectivity index (χ0) is 8.27. The van der Waals surface area contributed by atoms with E-state index in [0.717, 1.165) is 5.56 Å². The summed E-state index contributed by atoms with van der Waals surface area (Å²) in [5, 5.41) is 0. The quantitative estimate of drug-likeness (QED) is 0.621. The number of aryl methyl sites for hydroxylation is 1. The Labute approximate surface area is 64.8 Å². The summed E-state index contributed by atoms with van der Waals surface area (Å²) in [6.45, 7) is 1.75. The monoisotopic (exact) mass is 146 g/mol. The van der Waals surface area contributed by atoms with Crippen molar-refractivity contribution in [3.8, 4) is 0 Å². The molecule has 0 fully saturated rings. The van der Waals surface area contributed by atoms with Crippen molar-refractivity contribution in [3.63, 3.8) is 0 Å². The number of rotatable bonds is 2. The average Bonchev–Trinajstić information content (AvgIpc) is 2.04. The van der Waals surface area contributed by atoms with Gasteiger partial charge in [-0.15, -0.1) is 0 Å². The van der Waals surface area contributed by atoms with E-state index in [4.69, 9.17) is 0 Å². The smallest absolute Gasteiger partial charge is 0.233 e. The Hall–Kier alpha value is -1.44. The van der Waals surface area contributed by atoms with E-state index in [1.54, 1.807) is 37.7 Å². The minimum absolute atomic E-state index is 0.460. The molecular formula is C9H6O2. The highest BCUT2D eigenvalue weighted by Gasteiger charge is 1.98. The summed E-state index contributed by atoms with van der Waals surface area (Å²) >= 11 is 0. The topological polar surface area (TPSA) is 34.1 Å². The van der Waals surface area contributed by atoms with Crippen LogP contribution in [-0.4, -0.2) is 12.6 Å². The number of benzene rings is 1. The van der Waals surface area contributed by atoms with E-state index >= 15 is 0 Å². The van der Waals surface area contributed by atoms with Gasteiger partial charge in [-0.05, 0) is 24.6 Å². The third-order valence-electron chi connectivity index (χ3n) is 1.45. The van der Waals surface area contributed by atoms with Gasteiger partial charge in [-0.2, -0.15) is 0 Å². The van der Waals surface area contributed by atoms with Crippen molar-refractivity contribution in [2.45, 2.75) is 6.92 Å². The molecule has 0 aliphatic heterocycles. The SMILES string of the molecule is Cc1cc([C]=O)ccc1[C]=O. The van der Waals surface area contributed by atoms with E-state index in [1.165, 1.54) is 0 Å². The lowest BCUT2D eigenvalue weighted by atomic mass is 10.1. The molecule has 2 heteroatoms. The van der Waals surface area contributed by atoms with Crippen LogP contribution >= 0.6 is 0 Å². The van der Waals surface area contributed by atoms with Crippen LogP contribution < -0.4 is 0 Å². The molecule has 0 spiro atoms. The molecule has 11 heavy (non-hydrogen) atoms. The molecule has 0 aromatic heterocycles. The van der Waals surface area contributed by atoms with Gasteiger partial charge in [0.2, 0.25) is 12.6 Å². The first kappa shape index (κ1) is 7.66. The molecule has 0 saturated carbocycles. The molecule has 54 valence electrons. The van der Waals surface area contributed by atoms with Gasteiger partial charge in [-0.3, -0.25) is 9.59 Å². The Morgan fingerprint density at radius 1 is 1.18 bits per heavy atom. The highest BCUT2D eigenvalue weighted by molar-refractivity contribution is 5.82. The fourth-order valence-electron chi connectivity index (χ4n) is 0.842. The summed E-state index contributed by atoms with van der Waals surface area (Å²) < 4.78 is 0. The van der Waals surface area contributed by atoms with Gasteiger partial charge < -0.3 is 0 Å². The van der Waals surface area contributed by atoms with Gasteiger partial charge in [-0.25, -0.2) is 0 Å². The number of carbonyl (C=O) groups excluding carboxylic acids is 2. The third kappa shape index (κ3) is 1.52. The molecule has 0 amide bonds. The average molecular weight is 146 g/mol. The zero-order valence-electron chi connectivity index (χ0n) is 6.05. The van der Waals surface area contributed by atoms with E-state index < -0.39 is 0 Å². The first-order valence-corrected chi connectivity index (χ1v) is 3.15. The molecule has 0 unspecified atom stereocenters. The first-order valence-electron chi connectivity index (χ1n) is 3.15. The van der Waals surface area contributed by atoms with Gasteiger partial charge in [0.15, 0.2) is 0 Å². The third-order valence-corrected chi connectivity index (χ3v) is 1.45. The van der Waals surface area contributed by atoms with Crippen molar-refractivity contribution in [1.82, 2.24) is 0 Å². The number of hydrogen-bond donors (Lipinski definition) is 0. The van der Waals surface area contributed by atoms with Crippen LogP contribution in [0.25, 0.3) is 0 Å². The standard InChI is InChI=1S/C9H6O2/c1-7-4-8(5-10)2-3-9(7)6-11/h2-4H,1H3. The van der Waals surface area contributed by atoms with Crippen LogP contribution in [0, 0.1) is 6.92 Å². The van der Waals surface area contributed by atoms with Crippen LogP contribution in [0.4, 0.5) is 0 Å². The Morgan fingerprint density at radius 2 is 1.91 bits per heavy atom. The van der Waals surface area contributed by atoms with Crippen LogP contribution in [0.5, 0.6) is 0 Å². The first-order chi connectivity index (χ1) is 5.27. The highest BCUT2D eigenvalue weighted by Crippen LogP contribution is 2.06. The maximum Gasteiger partial charge on any atom is 0.233 e. The fraction of sp³-hybridized carbons (Fsp3) is 0.111. The molecule has 0 saturated heterocycles. The van der Waals surface area contributed by atoms with Gasteiger partial charge in [0.05, 0.1) is 0 Å². The molecular weight excluding hydrogens is 140 g/mol. The van der Waals surface area contributed by atoms with Crippen LogP contribution in [0.1, 0.15) is 16.7 Å². The maximum absolute atomic E-state index is 10.2. The van der Waals surface area contributed by atoms with Crippen molar-refractivity contribution in [2.75, 3.05) is 0 Å². The minimum atomic E-state index is 0.460. The van der Waals surface area contributed by atoms with Crippen LogP contribution in [0.2, 0.25) is 0 Å². The van der Waals surface area contributed by atoms with Crippen molar-refractivity contribution in [1.29, 1.82) is 0 Å². The Kier molecular flexibility index (Phi) is 2.16. The second-order valence-electron chi connectivity index (χ2n) is 2.23. The predicted octanol–water partition coefficient (Wildman–Crippen LogP) is 0.911. The summed E-state index contributed by atoms with van der Waals surface area (Å²) in [4.78, 5) is 20.3. The normalized spacial score (nSPS) is 9.18. The molecule has 0 atom stereocenters. The molecule has 2 radical (unpaired) electrons. The predicted molar refractivity (Wildman–Crippen MR) is 40.8 cm³/mol. The molecule has 0 heterocycles. The zero-order valence-corrected chi connectivity index (χ0v) is 6.05. The van der Waals surface area contributed by atoms with Gasteiger partial charge in [0.25, 0.3) is 0 Å². The minimum Gasteiger partial charge on any atom is -0.285 e. The lowest BCUT2D eigenvalue weighted by molar-refractivity contribution is 0.561. The van der Waals surface area contributed by atoms with Crippen molar-refractivity contribution >= 4 is 12.6 Å². The maximum atomic E-state index is 10.2. The second kappa shape index (κ2) is 3.10. The van der Waals surface area contributed by atoms with Gasteiger partial charge in [0, 0.05) is 11.1 Å². The molecule has 0 N–H and O–H groups in total. The molecule has 0 aliphatic rings. The summed E-state index contributed by atoms with van der Waals surface area (Å²) in [6.07, 6.45) is 3.51. The van der Waals surface area contributed by atoms with Crippen LogP contribution in [0.15, 0.2) is 18.2 Å². The lowest BCUT2D eigenvalue weighted by Gasteiger charge is -1.95. The van der Waals surface area contributed by atoms with Crippen molar-refractivity contribution < 1.29 is 9.59 Å². The van der Waals surface area contributed by atoms with E-state index in [2.05, 4.69) is 0 Å². The van der Waals surface area contributed by atoms with E-state index in [-0.39, 0.29) is 0 Å². The van der Waals surface area contributed by atoms with E-state index in [0.29, 0.717) is 11.1 Å². The molecule has 0 aliphatic carbocycles. The van der Waals surface area contributed by atoms with Crippen molar-refractivity contribution in [2.24, 2.45) is 0 Å². The largest absolute Gasteiger partial charge is 0.285 e. The molecule has 1 aromatic rings. The van der Waals surface area contributed by atoms with E-state index in [1.807, 2.05) is 0 Å². The fourth-order valence-corrected chi connectivity index (χ4v) is 0.842. The molecule has 2 nitrogen and oxygen atoms in total. The van der Waals surface area contributed by atoms with Crippen LogP contribution in [-0.2, 0) is 9.59 Å². The summed E-state index contributed by atoms with van der Waals surface area (Å²) in [6, 6.07) is 4.70. The molecule has 0 bridgehead atoms. The van der Waals surface area contributed by atoms with Crippen LogP contribution in [0.3, 0.4) is 0 Å². The summed E-state index contributed by atoms with van der Waals surface area (Å²) in [5.41, 5.74) is 1.70. The number of hydrogen-bond acceptors (Lipinski definition) is 2. The van der Waals surface area contributed by atoms with Crippen molar-refractivity contribution in [3.05, 3.63) is 34.9 Å².